The number of hydrogen-bond acceptors (Lipinski definition) is 3. The first-order chi connectivity index (χ1) is 13.5. The van der Waals surface area contributed by atoms with Gasteiger partial charge in [-0.1, -0.05) is 19.6 Å². The summed E-state index contributed by atoms with van der Waals surface area (Å²) < 4.78 is 48.0. The fraction of sp³-hybridized carbons (Fsp3) is 0.263. The highest BCUT2D eigenvalue weighted by atomic mass is 32.2. The van der Waals surface area contributed by atoms with Crippen molar-refractivity contribution in [1.29, 1.82) is 0 Å². The van der Waals surface area contributed by atoms with E-state index in [9.17, 15) is 4.79 Å². The molecular formula is C19H17NO2S. The van der Waals surface area contributed by atoms with Crippen LogP contribution in [-0.2, 0) is 5.41 Å². The number of rotatable bonds is 1. The number of carboxylic acid groups (broad SMARTS) is 1. The molecule has 3 rings (SSSR count). The zero-order valence-electron chi connectivity index (χ0n) is 18.1. The highest BCUT2D eigenvalue weighted by molar-refractivity contribution is 7.99. The average Bonchev–Trinajstić information content (AvgIpc) is 2.64. The van der Waals surface area contributed by atoms with E-state index in [1.165, 1.54) is 30.1 Å². The summed E-state index contributed by atoms with van der Waals surface area (Å²) in [5.74, 6) is 4.98. The molecule has 3 nitrogen and oxygen atoms in total. The molecule has 23 heavy (non-hydrogen) atoms. The largest absolute Gasteiger partial charge is 0.478 e. The van der Waals surface area contributed by atoms with Crippen molar-refractivity contribution < 1.29 is 18.1 Å². The van der Waals surface area contributed by atoms with Crippen LogP contribution < -0.4 is 0 Å². The minimum Gasteiger partial charge on any atom is -0.478 e. The molecule has 116 valence electrons. The van der Waals surface area contributed by atoms with E-state index >= 15 is 0 Å². The van der Waals surface area contributed by atoms with Gasteiger partial charge in [0.15, 0.2) is 0 Å². The average molecular weight is 329 g/mol. The van der Waals surface area contributed by atoms with Gasteiger partial charge in [-0.15, -0.1) is 11.8 Å². The summed E-state index contributed by atoms with van der Waals surface area (Å²) in [5, 5.41) is 8.91. The number of fused-ring (bicyclic) bond motifs is 1. The van der Waals surface area contributed by atoms with Crippen LogP contribution in [0.4, 0.5) is 0 Å². The molecule has 0 saturated carbocycles. The van der Waals surface area contributed by atoms with Crippen molar-refractivity contribution in [3.63, 3.8) is 0 Å². The van der Waals surface area contributed by atoms with E-state index in [0.29, 0.717) is 21.9 Å². The van der Waals surface area contributed by atoms with Gasteiger partial charge in [-0.2, -0.15) is 0 Å². The van der Waals surface area contributed by atoms with E-state index < -0.39 is 25.1 Å². The Morgan fingerprint density at radius 1 is 1.35 bits per heavy atom. The maximum absolute atomic E-state index is 10.9. The lowest BCUT2D eigenvalue weighted by Gasteiger charge is -2.32. The van der Waals surface area contributed by atoms with Crippen LogP contribution in [0.3, 0.4) is 0 Å². The monoisotopic (exact) mass is 329 g/mol. The summed E-state index contributed by atoms with van der Waals surface area (Å²) >= 11 is 1.43. The summed E-state index contributed by atoms with van der Waals surface area (Å²) in [7, 11) is 0. The first-order valence-corrected chi connectivity index (χ1v) is 7.93. The molecule has 2 heterocycles. The molecule has 0 bridgehead atoms. The molecule has 0 radical (unpaired) electrons. The molecular weight excluding hydrogens is 306 g/mol. The van der Waals surface area contributed by atoms with Crippen molar-refractivity contribution >= 4 is 17.7 Å². The summed E-state index contributed by atoms with van der Waals surface area (Å²) in [6.45, 7) is -5.40. The summed E-state index contributed by atoms with van der Waals surface area (Å²) in [6.07, 6.45) is 1.22. The van der Waals surface area contributed by atoms with Crippen LogP contribution in [-0.4, -0.2) is 21.8 Å². The Hall–Kier alpha value is -2.25. The molecule has 1 N–H and O–H groups in total. The molecule has 0 saturated heterocycles. The van der Waals surface area contributed by atoms with Crippen molar-refractivity contribution in [3.05, 3.63) is 58.9 Å². The summed E-state index contributed by atoms with van der Waals surface area (Å²) in [4.78, 5) is 15.5. The third-order valence-corrected chi connectivity index (χ3v) is 4.59. The molecule has 0 aliphatic carbocycles. The van der Waals surface area contributed by atoms with Crippen LogP contribution in [0.5, 0.6) is 0 Å². The van der Waals surface area contributed by atoms with Gasteiger partial charge in [0.1, 0.15) is 5.69 Å². The van der Waals surface area contributed by atoms with Gasteiger partial charge < -0.3 is 5.11 Å². The van der Waals surface area contributed by atoms with E-state index in [1.54, 1.807) is 18.2 Å². The Labute approximate surface area is 148 Å². The Morgan fingerprint density at radius 3 is 2.91 bits per heavy atom. The minimum absolute atomic E-state index is 0.0206. The number of nitrogens with zero attached hydrogens (tertiary/aromatic N) is 1. The Bertz CT molecular complexity index is 989. The van der Waals surface area contributed by atoms with E-state index in [2.05, 4.69) is 16.8 Å². The van der Waals surface area contributed by atoms with Gasteiger partial charge in [-0.3, -0.25) is 0 Å². The second kappa shape index (κ2) is 6.10. The van der Waals surface area contributed by atoms with E-state index in [4.69, 9.17) is 13.3 Å². The highest BCUT2D eigenvalue weighted by Crippen LogP contribution is 2.41. The van der Waals surface area contributed by atoms with Crippen LogP contribution in [0, 0.1) is 11.8 Å². The fourth-order valence-corrected chi connectivity index (χ4v) is 3.43. The van der Waals surface area contributed by atoms with Crippen LogP contribution in [0.15, 0.2) is 41.4 Å². The van der Waals surface area contributed by atoms with Gasteiger partial charge in [0, 0.05) is 24.9 Å². The van der Waals surface area contributed by atoms with Crippen molar-refractivity contribution in [2.45, 2.75) is 30.4 Å². The number of pyridine rings is 1. The van der Waals surface area contributed by atoms with Gasteiger partial charge in [0.25, 0.3) is 0 Å². The predicted octanol–water partition coefficient (Wildman–Crippen LogP) is 3.95. The molecule has 1 aromatic heterocycles. The number of carbonyl (C=O) groups is 1. The molecule has 0 unspecified atom stereocenters. The van der Waals surface area contributed by atoms with E-state index in [0.717, 1.165) is 0 Å². The lowest BCUT2D eigenvalue weighted by Crippen LogP contribution is -2.22. The molecule has 0 amide bonds. The Balaban J connectivity index is 2.05. The summed E-state index contributed by atoms with van der Waals surface area (Å²) in [6, 6.07) is 7.81. The van der Waals surface area contributed by atoms with Crippen LogP contribution in [0.2, 0.25) is 0 Å². The smallest absolute Gasteiger partial charge is 0.337 e. The molecule has 1 aliphatic rings. The third kappa shape index (κ3) is 3.40. The predicted molar refractivity (Wildman–Crippen MR) is 92.0 cm³/mol. The first kappa shape index (κ1) is 9.79. The zero-order chi connectivity index (χ0) is 21.4. The van der Waals surface area contributed by atoms with E-state index in [1.807, 2.05) is 0 Å². The maximum atomic E-state index is 10.9. The fourth-order valence-electron chi connectivity index (χ4n) is 2.25. The number of aromatic carboxylic acids is 1. The van der Waals surface area contributed by atoms with Crippen molar-refractivity contribution in [3.8, 4) is 11.8 Å². The minimum atomic E-state index is -2.70. The molecule has 0 fully saturated rings. The lowest BCUT2D eigenvalue weighted by molar-refractivity contribution is 0.0696. The number of hydrogen-bond donors (Lipinski definition) is 1. The van der Waals surface area contributed by atoms with Crippen LogP contribution >= 0.6 is 11.8 Å². The quantitative estimate of drug-likeness (QED) is 0.805. The van der Waals surface area contributed by atoms with Gasteiger partial charge >= 0.3 is 5.97 Å². The maximum Gasteiger partial charge on any atom is 0.337 e. The second-order valence-corrected chi connectivity index (χ2v) is 6.34. The Kier molecular flexibility index (Phi) is 2.60. The van der Waals surface area contributed by atoms with Gasteiger partial charge in [-0.05, 0) is 59.4 Å². The van der Waals surface area contributed by atoms with Gasteiger partial charge in [0.2, 0.25) is 0 Å². The van der Waals surface area contributed by atoms with Crippen LogP contribution in [0.1, 0.15) is 55.5 Å². The molecule has 1 aromatic carbocycles. The highest BCUT2D eigenvalue weighted by Gasteiger charge is 2.27. The molecule has 4 heteroatoms. The first-order valence-electron chi connectivity index (χ1n) is 9.94. The van der Waals surface area contributed by atoms with Crippen molar-refractivity contribution in [2.75, 3.05) is 5.75 Å². The number of benzene rings is 1. The topological polar surface area (TPSA) is 50.2 Å². The zero-order valence-corrected chi connectivity index (χ0v) is 12.9. The molecule has 1 aliphatic heterocycles. The van der Waals surface area contributed by atoms with Crippen molar-refractivity contribution in [2.24, 2.45) is 0 Å². The Morgan fingerprint density at radius 2 is 2.22 bits per heavy atom. The molecule has 2 aromatic rings. The van der Waals surface area contributed by atoms with Gasteiger partial charge in [-0.25, -0.2) is 9.78 Å². The SMILES string of the molecule is [2H]C([2H])([2H])C1(C([2H])([2H])[2H])CCSc2ccc(C#Cc3ccc(C(=O)O)cn3)cc21. The number of thioether (sulfide) groups is 1. The summed E-state index contributed by atoms with van der Waals surface area (Å²) in [5.41, 5.74) is -0.816. The van der Waals surface area contributed by atoms with Gasteiger partial charge in [0.05, 0.1) is 5.56 Å². The third-order valence-electron chi connectivity index (χ3n) is 3.52. The normalized spacial score (nSPS) is 20.2. The number of aromatic nitrogens is 1. The lowest BCUT2D eigenvalue weighted by atomic mass is 9.81. The number of carboxylic acids is 1. The second-order valence-electron chi connectivity index (χ2n) is 5.20. The molecule has 0 spiro atoms. The van der Waals surface area contributed by atoms with E-state index in [-0.39, 0.29) is 17.5 Å². The standard InChI is InChI=1S/C19H17NO2S/c1-19(2)9-10-23-17-8-4-13(11-16(17)19)3-6-15-7-5-14(12-20-15)18(21)22/h4-5,7-8,11-12H,9-10H2,1-2H3,(H,21,22)/i1D3,2D3. The molecule has 0 atom stereocenters. The van der Waals surface area contributed by atoms with Crippen LogP contribution in [0.25, 0.3) is 0 Å². The van der Waals surface area contributed by atoms with Crippen molar-refractivity contribution in [1.82, 2.24) is 4.98 Å².